The zero-order valence-corrected chi connectivity index (χ0v) is 8.55. The Morgan fingerprint density at radius 2 is 2.15 bits per heavy atom. The normalized spacial score (nSPS) is 12.5. The van der Waals surface area contributed by atoms with E-state index in [9.17, 15) is 0 Å². The van der Waals surface area contributed by atoms with Crippen molar-refractivity contribution in [3.8, 4) is 0 Å². The van der Waals surface area contributed by atoms with Gasteiger partial charge in [0.05, 0.1) is 5.71 Å². The SMILES string of the molecule is CN=C(c1[nH]c(C)nc1N)C(C)C. The lowest BCUT2D eigenvalue weighted by Gasteiger charge is -2.07. The lowest BCUT2D eigenvalue weighted by atomic mass is 10.1. The predicted molar refractivity (Wildman–Crippen MR) is 55.0 cm³/mol. The Morgan fingerprint density at radius 1 is 1.54 bits per heavy atom. The number of aromatic amines is 1. The minimum Gasteiger partial charge on any atom is -0.382 e. The summed E-state index contributed by atoms with van der Waals surface area (Å²) in [5.74, 6) is 1.72. The summed E-state index contributed by atoms with van der Waals surface area (Å²) in [6.45, 7) is 6.04. The first-order valence-electron chi connectivity index (χ1n) is 4.35. The van der Waals surface area contributed by atoms with E-state index in [1.807, 2.05) is 6.92 Å². The van der Waals surface area contributed by atoms with Gasteiger partial charge < -0.3 is 10.7 Å². The van der Waals surface area contributed by atoms with Gasteiger partial charge in [0.1, 0.15) is 11.5 Å². The molecule has 0 fully saturated rings. The largest absolute Gasteiger partial charge is 0.382 e. The maximum absolute atomic E-state index is 5.73. The summed E-state index contributed by atoms with van der Waals surface area (Å²) in [4.78, 5) is 11.4. The summed E-state index contributed by atoms with van der Waals surface area (Å²) in [5.41, 5.74) is 7.56. The van der Waals surface area contributed by atoms with E-state index in [0.29, 0.717) is 11.7 Å². The molecule has 13 heavy (non-hydrogen) atoms. The van der Waals surface area contributed by atoms with Crippen molar-refractivity contribution in [2.24, 2.45) is 10.9 Å². The van der Waals surface area contributed by atoms with Crippen molar-refractivity contribution in [2.75, 3.05) is 12.8 Å². The van der Waals surface area contributed by atoms with Gasteiger partial charge in [-0.25, -0.2) is 4.98 Å². The van der Waals surface area contributed by atoms with Crippen molar-refractivity contribution in [3.63, 3.8) is 0 Å². The second kappa shape index (κ2) is 3.60. The van der Waals surface area contributed by atoms with Gasteiger partial charge in [-0.2, -0.15) is 0 Å². The van der Waals surface area contributed by atoms with Gasteiger partial charge in [-0.1, -0.05) is 13.8 Å². The van der Waals surface area contributed by atoms with Crippen molar-refractivity contribution in [1.82, 2.24) is 9.97 Å². The Balaban J connectivity index is 3.13. The van der Waals surface area contributed by atoms with Crippen LogP contribution in [0.1, 0.15) is 25.4 Å². The lowest BCUT2D eigenvalue weighted by Crippen LogP contribution is -2.12. The van der Waals surface area contributed by atoms with E-state index in [2.05, 4.69) is 28.8 Å². The van der Waals surface area contributed by atoms with Crippen molar-refractivity contribution in [1.29, 1.82) is 0 Å². The van der Waals surface area contributed by atoms with Crippen LogP contribution in [0, 0.1) is 12.8 Å². The van der Waals surface area contributed by atoms with E-state index in [0.717, 1.165) is 17.2 Å². The molecule has 1 rings (SSSR count). The molecule has 0 aliphatic rings. The van der Waals surface area contributed by atoms with Crippen LogP contribution in [0.2, 0.25) is 0 Å². The highest BCUT2D eigenvalue weighted by molar-refractivity contribution is 6.03. The van der Waals surface area contributed by atoms with E-state index < -0.39 is 0 Å². The van der Waals surface area contributed by atoms with Crippen LogP contribution in [0.5, 0.6) is 0 Å². The van der Waals surface area contributed by atoms with Gasteiger partial charge in [-0.05, 0) is 12.8 Å². The van der Waals surface area contributed by atoms with Crippen LogP contribution in [-0.4, -0.2) is 22.7 Å². The Hall–Kier alpha value is -1.32. The topological polar surface area (TPSA) is 67.1 Å². The number of nitrogens with zero attached hydrogens (tertiary/aromatic N) is 2. The minimum absolute atomic E-state index is 0.354. The molecule has 0 aromatic carbocycles. The summed E-state index contributed by atoms with van der Waals surface area (Å²) < 4.78 is 0. The molecule has 0 saturated heterocycles. The fourth-order valence-electron chi connectivity index (χ4n) is 1.36. The highest BCUT2D eigenvalue weighted by Gasteiger charge is 2.13. The summed E-state index contributed by atoms with van der Waals surface area (Å²) in [7, 11) is 1.77. The molecule has 4 heteroatoms. The standard InChI is InChI=1S/C9H16N4/c1-5(2)7(11-4)8-9(10)13-6(3)12-8/h5H,10H2,1-4H3,(H,12,13). The number of nitrogens with one attached hydrogen (secondary N) is 1. The molecule has 0 saturated carbocycles. The van der Waals surface area contributed by atoms with Crippen molar-refractivity contribution in [3.05, 3.63) is 11.5 Å². The van der Waals surface area contributed by atoms with Gasteiger partial charge in [0.2, 0.25) is 0 Å². The molecule has 0 bridgehead atoms. The third kappa shape index (κ3) is 1.88. The zero-order chi connectivity index (χ0) is 10.0. The molecule has 72 valence electrons. The van der Waals surface area contributed by atoms with E-state index >= 15 is 0 Å². The van der Waals surface area contributed by atoms with Gasteiger partial charge in [0, 0.05) is 7.05 Å². The van der Waals surface area contributed by atoms with E-state index in [1.165, 1.54) is 0 Å². The van der Waals surface area contributed by atoms with Crippen LogP contribution in [-0.2, 0) is 0 Å². The van der Waals surface area contributed by atoms with Crippen LogP contribution >= 0.6 is 0 Å². The first-order valence-corrected chi connectivity index (χ1v) is 4.35. The van der Waals surface area contributed by atoms with Crippen LogP contribution in [0.4, 0.5) is 5.82 Å². The maximum atomic E-state index is 5.73. The zero-order valence-electron chi connectivity index (χ0n) is 8.55. The molecular weight excluding hydrogens is 164 g/mol. The first-order chi connectivity index (χ1) is 6.06. The van der Waals surface area contributed by atoms with Gasteiger partial charge in [-0.15, -0.1) is 0 Å². The molecule has 3 N–H and O–H groups in total. The monoisotopic (exact) mass is 180 g/mol. The van der Waals surface area contributed by atoms with Crippen LogP contribution < -0.4 is 5.73 Å². The number of anilines is 1. The van der Waals surface area contributed by atoms with Crippen LogP contribution in [0.25, 0.3) is 0 Å². The Morgan fingerprint density at radius 3 is 2.46 bits per heavy atom. The first kappa shape index (κ1) is 9.77. The Bertz CT molecular complexity index is 322. The number of H-pyrrole nitrogens is 1. The molecule has 4 nitrogen and oxygen atoms in total. The van der Waals surface area contributed by atoms with Crippen molar-refractivity contribution >= 4 is 11.5 Å². The van der Waals surface area contributed by atoms with E-state index in [4.69, 9.17) is 5.73 Å². The number of aliphatic imine (C=N–C) groups is 1. The van der Waals surface area contributed by atoms with Gasteiger partial charge in [0.15, 0.2) is 5.82 Å². The Labute approximate surface area is 78.3 Å². The molecule has 0 spiro atoms. The third-order valence-electron chi connectivity index (χ3n) is 1.89. The predicted octanol–water partition coefficient (Wildman–Crippen LogP) is 1.38. The van der Waals surface area contributed by atoms with Gasteiger partial charge >= 0.3 is 0 Å². The number of nitrogens with two attached hydrogens (primary N) is 1. The molecule has 0 unspecified atom stereocenters. The van der Waals surface area contributed by atoms with Crippen LogP contribution in [0.3, 0.4) is 0 Å². The molecule has 0 atom stereocenters. The number of nitrogen functional groups attached to an aromatic ring is 1. The van der Waals surface area contributed by atoms with Gasteiger partial charge in [-0.3, -0.25) is 4.99 Å². The number of aromatic nitrogens is 2. The highest BCUT2D eigenvalue weighted by Crippen LogP contribution is 2.14. The molecular formula is C9H16N4. The highest BCUT2D eigenvalue weighted by atomic mass is 15.0. The molecule has 1 aromatic heterocycles. The fraction of sp³-hybridized carbons (Fsp3) is 0.556. The summed E-state index contributed by atoms with van der Waals surface area (Å²) in [5, 5.41) is 0. The molecule has 1 heterocycles. The number of rotatable bonds is 2. The molecule has 0 amide bonds. The van der Waals surface area contributed by atoms with Crippen molar-refractivity contribution < 1.29 is 0 Å². The van der Waals surface area contributed by atoms with Gasteiger partial charge in [0.25, 0.3) is 0 Å². The second-order valence-electron chi connectivity index (χ2n) is 3.35. The number of imidazole rings is 1. The summed E-state index contributed by atoms with van der Waals surface area (Å²) in [6.07, 6.45) is 0. The lowest BCUT2D eigenvalue weighted by molar-refractivity contribution is 0.877. The quantitative estimate of drug-likeness (QED) is 0.675. The van der Waals surface area contributed by atoms with Crippen LogP contribution in [0.15, 0.2) is 4.99 Å². The fourth-order valence-corrected chi connectivity index (χ4v) is 1.36. The van der Waals surface area contributed by atoms with E-state index in [-0.39, 0.29) is 0 Å². The minimum atomic E-state index is 0.354. The maximum Gasteiger partial charge on any atom is 0.151 e. The van der Waals surface area contributed by atoms with Crippen molar-refractivity contribution in [2.45, 2.75) is 20.8 Å². The average molecular weight is 180 g/mol. The molecule has 0 aliphatic carbocycles. The van der Waals surface area contributed by atoms with E-state index in [1.54, 1.807) is 7.05 Å². The number of hydrogen-bond donors (Lipinski definition) is 2. The number of aryl methyl sites for hydroxylation is 1. The molecule has 0 aliphatic heterocycles. The molecule has 1 aromatic rings. The third-order valence-corrected chi connectivity index (χ3v) is 1.89. The summed E-state index contributed by atoms with van der Waals surface area (Å²) >= 11 is 0. The summed E-state index contributed by atoms with van der Waals surface area (Å²) in [6, 6.07) is 0. The smallest absolute Gasteiger partial charge is 0.151 e. The number of hydrogen-bond acceptors (Lipinski definition) is 3. The molecule has 0 radical (unpaired) electrons. The second-order valence-corrected chi connectivity index (χ2v) is 3.35. The Kier molecular flexibility index (Phi) is 2.70. The average Bonchev–Trinajstić information content (AvgIpc) is 2.31.